The standard InChI is InChI=1S/C22H26N2O4S/c1-3-18(25)23-20-19(22(26)27)24(17-8-4-5-9-17)21(29-20)16-12-10-15(11-13-16)7-6-14-28-2/h10-13,17,21H,3-5,8-9,14H2,1-2H3,(H,23,25)(H,26,27). The zero-order valence-corrected chi connectivity index (χ0v) is 17.6. The number of benzene rings is 1. The largest absolute Gasteiger partial charge is 0.476 e. The van der Waals surface area contributed by atoms with E-state index in [2.05, 4.69) is 17.2 Å². The van der Waals surface area contributed by atoms with Crippen LogP contribution in [-0.2, 0) is 14.3 Å². The van der Waals surface area contributed by atoms with Crippen LogP contribution in [0.3, 0.4) is 0 Å². The number of ether oxygens (including phenoxy) is 1. The Hall–Kier alpha value is -2.43. The van der Waals surface area contributed by atoms with Gasteiger partial charge in [-0.25, -0.2) is 4.79 Å². The summed E-state index contributed by atoms with van der Waals surface area (Å²) in [6, 6.07) is 8.01. The van der Waals surface area contributed by atoms with Crippen molar-refractivity contribution >= 4 is 23.6 Å². The normalized spacial score (nSPS) is 19.2. The maximum Gasteiger partial charge on any atom is 0.354 e. The van der Waals surface area contributed by atoms with Crippen molar-refractivity contribution in [2.75, 3.05) is 13.7 Å². The highest BCUT2D eigenvalue weighted by Crippen LogP contribution is 2.50. The van der Waals surface area contributed by atoms with Crippen molar-refractivity contribution in [1.82, 2.24) is 10.2 Å². The molecule has 0 spiro atoms. The molecule has 2 aliphatic rings. The van der Waals surface area contributed by atoms with Gasteiger partial charge >= 0.3 is 5.97 Å². The minimum atomic E-state index is -1.000. The number of hydrogen-bond acceptors (Lipinski definition) is 5. The maximum atomic E-state index is 12.1. The number of rotatable bonds is 6. The van der Waals surface area contributed by atoms with E-state index in [4.69, 9.17) is 4.74 Å². The first-order valence-corrected chi connectivity index (χ1v) is 10.7. The maximum absolute atomic E-state index is 12.1. The van der Waals surface area contributed by atoms with Crippen molar-refractivity contribution in [3.05, 3.63) is 46.1 Å². The van der Waals surface area contributed by atoms with Crippen LogP contribution in [0, 0.1) is 11.8 Å². The van der Waals surface area contributed by atoms with Crippen LogP contribution in [0.15, 0.2) is 35.0 Å². The molecular weight excluding hydrogens is 388 g/mol. The molecular formula is C22H26N2O4S. The van der Waals surface area contributed by atoms with Crippen LogP contribution in [0.25, 0.3) is 0 Å². The molecule has 3 rings (SSSR count). The number of nitrogens with zero attached hydrogens (tertiary/aromatic N) is 1. The predicted octanol–water partition coefficient (Wildman–Crippen LogP) is 3.45. The van der Waals surface area contributed by atoms with Gasteiger partial charge in [-0.3, -0.25) is 4.79 Å². The Morgan fingerprint density at radius 2 is 1.97 bits per heavy atom. The van der Waals surface area contributed by atoms with E-state index in [1.807, 2.05) is 29.2 Å². The molecule has 154 valence electrons. The molecule has 1 aromatic carbocycles. The Balaban J connectivity index is 1.92. The summed E-state index contributed by atoms with van der Waals surface area (Å²) >= 11 is 1.40. The zero-order valence-electron chi connectivity index (χ0n) is 16.7. The van der Waals surface area contributed by atoms with Gasteiger partial charge in [0.05, 0.1) is 0 Å². The van der Waals surface area contributed by atoms with Crippen LogP contribution in [-0.4, -0.2) is 41.6 Å². The summed E-state index contributed by atoms with van der Waals surface area (Å²) in [5.74, 6) is 4.79. The molecule has 29 heavy (non-hydrogen) atoms. The Morgan fingerprint density at radius 1 is 1.28 bits per heavy atom. The first kappa shape index (κ1) is 21.3. The van der Waals surface area contributed by atoms with Crippen molar-refractivity contribution in [2.45, 2.75) is 50.4 Å². The van der Waals surface area contributed by atoms with Crippen LogP contribution >= 0.6 is 11.8 Å². The molecule has 1 aliphatic heterocycles. The summed E-state index contributed by atoms with van der Waals surface area (Å²) in [5, 5.41) is 13.0. The molecule has 2 N–H and O–H groups in total. The molecule has 7 heteroatoms. The molecule has 1 aromatic rings. The molecule has 0 bridgehead atoms. The van der Waals surface area contributed by atoms with Gasteiger partial charge in [-0.05, 0) is 30.5 Å². The Kier molecular flexibility index (Phi) is 7.24. The average molecular weight is 415 g/mol. The number of carbonyl (C=O) groups excluding carboxylic acids is 1. The minimum absolute atomic E-state index is 0.163. The summed E-state index contributed by atoms with van der Waals surface area (Å²) in [5.41, 5.74) is 2.09. The van der Waals surface area contributed by atoms with Gasteiger partial charge in [0, 0.05) is 25.1 Å². The lowest BCUT2D eigenvalue weighted by Gasteiger charge is -2.33. The van der Waals surface area contributed by atoms with Gasteiger partial charge in [0.25, 0.3) is 0 Å². The highest BCUT2D eigenvalue weighted by atomic mass is 32.2. The summed E-state index contributed by atoms with van der Waals surface area (Å²) in [6.07, 6.45) is 4.42. The second-order valence-corrected chi connectivity index (χ2v) is 8.15. The van der Waals surface area contributed by atoms with Crippen LogP contribution in [0.2, 0.25) is 0 Å². The number of methoxy groups -OCH3 is 1. The number of carboxylic acids is 1. The van der Waals surface area contributed by atoms with E-state index < -0.39 is 5.97 Å². The summed E-state index contributed by atoms with van der Waals surface area (Å²) in [7, 11) is 1.61. The molecule has 0 aromatic heterocycles. The van der Waals surface area contributed by atoms with Crippen LogP contribution in [0.1, 0.15) is 55.5 Å². The van der Waals surface area contributed by atoms with Crippen molar-refractivity contribution in [1.29, 1.82) is 0 Å². The molecule has 1 amide bonds. The van der Waals surface area contributed by atoms with E-state index >= 15 is 0 Å². The fourth-order valence-corrected chi connectivity index (χ4v) is 5.08. The first-order valence-electron chi connectivity index (χ1n) is 9.85. The molecule has 1 unspecified atom stereocenters. The topological polar surface area (TPSA) is 78.9 Å². The Morgan fingerprint density at radius 3 is 2.55 bits per heavy atom. The first-order chi connectivity index (χ1) is 14.0. The van der Waals surface area contributed by atoms with E-state index in [0.717, 1.165) is 36.8 Å². The van der Waals surface area contributed by atoms with Crippen LogP contribution in [0.4, 0.5) is 0 Å². The molecule has 0 radical (unpaired) electrons. The number of carboxylic acid groups (broad SMARTS) is 1. The quantitative estimate of drug-likeness (QED) is 0.694. The van der Waals surface area contributed by atoms with E-state index in [1.165, 1.54) is 11.8 Å². The number of aliphatic carboxylic acids is 1. The zero-order chi connectivity index (χ0) is 20.8. The fourth-order valence-electron chi connectivity index (χ4n) is 3.70. The number of amides is 1. The molecule has 0 saturated heterocycles. The molecule has 6 nitrogen and oxygen atoms in total. The number of hydrogen-bond donors (Lipinski definition) is 2. The van der Waals surface area contributed by atoms with E-state index in [1.54, 1.807) is 14.0 Å². The van der Waals surface area contributed by atoms with Gasteiger partial charge in [-0.15, -0.1) is 0 Å². The van der Waals surface area contributed by atoms with Gasteiger partial charge in [-0.2, -0.15) is 0 Å². The lowest BCUT2D eigenvalue weighted by Crippen LogP contribution is -2.35. The summed E-state index contributed by atoms with van der Waals surface area (Å²) in [4.78, 5) is 26.1. The van der Waals surface area contributed by atoms with E-state index in [9.17, 15) is 14.7 Å². The number of nitrogens with one attached hydrogen (secondary N) is 1. The lowest BCUT2D eigenvalue weighted by atomic mass is 10.1. The molecule has 1 saturated carbocycles. The van der Waals surface area contributed by atoms with Gasteiger partial charge in [-0.1, -0.05) is 55.5 Å². The number of thioether (sulfide) groups is 1. The average Bonchev–Trinajstić information content (AvgIpc) is 3.36. The third-order valence-electron chi connectivity index (χ3n) is 5.10. The second-order valence-electron chi connectivity index (χ2n) is 7.06. The highest BCUT2D eigenvalue weighted by Gasteiger charge is 2.42. The van der Waals surface area contributed by atoms with Crippen LogP contribution in [0.5, 0.6) is 0 Å². The molecule has 1 atom stereocenters. The predicted molar refractivity (Wildman–Crippen MR) is 113 cm³/mol. The van der Waals surface area contributed by atoms with Gasteiger partial charge < -0.3 is 20.1 Å². The summed E-state index contributed by atoms with van der Waals surface area (Å²) < 4.78 is 4.95. The van der Waals surface area contributed by atoms with E-state index in [-0.39, 0.29) is 23.0 Å². The summed E-state index contributed by atoms with van der Waals surface area (Å²) in [6.45, 7) is 2.13. The van der Waals surface area contributed by atoms with Gasteiger partial charge in [0.15, 0.2) is 5.70 Å². The molecule has 1 fully saturated rings. The van der Waals surface area contributed by atoms with Gasteiger partial charge in [0.2, 0.25) is 5.91 Å². The van der Waals surface area contributed by atoms with Crippen molar-refractivity contribution in [3.63, 3.8) is 0 Å². The SMILES string of the molecule is CCC(=O)NC1=C(C(=O)O)N(C2CCCC2)C(c2ccc(C#CCOC)cc2)S1. The van der Waals surface area contributed by atoms with E-state index in [0.29, 0.717) is 18.1 Å². The third-order valence-corrected chi connectivity index (χ3v) is 6.35. The molecule has 1 aliphatic carbocycles. The van der Waals surface area contributed by atoms with Crippen molar-refractivity contribution < 1.29 is 19.4 Å². The smallest absolute Gasteiger partial charge is 0.354 e. The fraction of sp³-hybridized carbons (Fsp3) is 0.455. The Bertz CT molecular complexity index is 848. The molecule has 1 heterocycles. The minimum Gasteiger partial charge on any atom is -0.476 e. The Labute approximate surface area is 175 Å². The lowest BCUT2D eigenvalue weighted by molar-refractivity contribution is -0.134. The highest BCUT2D eigenvalue weighted by molar-refractivity contribution is 8.03. The van der Waals surface area contributed by atoms with Gasteiger partial charge in [0.1, 0.15) is 17.0 Å². The second kappa shape index (κ2) is 9.86. The van der Waals surface area contributed by atoms with Crippen molar-refractivity contribution in [2.24, 2.45) is 0 Å². The third kappa shape index (κ3) is 4.95. The van der Waals surface area contributed by atoms with Crippen molar-refractivity contribution in [3.8, 4) is 11.8 Å². The van der Waals surface area contributed by atoms with Crippen LogP contribution < -0.4 is 5.32 Å². The number of carbonyl (C=O) groups is 2. The monoisotopic (exact) mass is 414 g/mol.